The third-order valence-corrected chi connectivity index (χ3v) is 4.25. The largest absolute Gasteiger partial charge is 0.465 e. The summed E-state index contributed by atoms with van der Waals surface area (Å²) in [5.74, 6) is -0.651. The normalized spacial score (nSPS) is 11.2. The number of rotatable bonds is 4. The topological polar surface area (TPSA) is 94.3 Å². The molecule has 6 nitrogen and oxygen atoms in total. The third-order valence-electron chi connectivity index (χ3n) is 3.30. The number of aromatic nitrogens is 1. The molecule has 1 aromatic heterocycles. The Morgan fingerprint density at radius 1 is 1.25 bits per heavy atom. The van der Waals surface area contributed by atoms with Gasteiger partial charge in [-0.15, -0.1) is 0 Å². The van der Waals surface area contributed by atoms with Gasteiger partial charge in [-0.2, -0.15) is 0 Å². The van der Waals surface area contributed by atoms with Crippen LogP contribution >= 0.6 is 11.3 Å². The monoisotopic (exact) mass is 347 g/mol. The molecule has 7 heteroatoms. The highest BCUT2D eigenvalue weighted by Crippen LogP contribution is 2.32. The van der Waals surface area contributed by atoms with Crippen LogP contribution in [0.3, 0.4) is 0 Å². The minimum absolute atomic E-state index is 0.203. The van der Waals surface area contributed by atoms with Crippen LogP contribution < -0.4 is 11.1 Å². The van der Waals surface area contributed by atoms with Crippen LogP contribution in [0.1, 0.15) is 41.7 Å². The number of hydrogen-bond acceptors (Lipinski definition) is 6. The summed E-state index contributed by atoms with van der Waals surface area (Å²) in [5, 5.41) is 3.14. The van der Waals surface area contributed by atoms with Gasteiger partial charge in [0.25, 0.3) is 0 Å². The van der Waals surface area contributed by atoms with E-state index in [4.69, 9.17) is 10.5 Å². The van der Waals surface area contributed by atoms with Gasteiger partial charge in [0, 0.05) is 11.1 Å². The lowest BCUT2D eigenvalue weighted by atomic mass is 9.91. The maximum atomic E-state index is 12.2. The molecular formula is C17H21N3O3S. The molecule has 0 spiro atoms. The van der Waals surface area contributed by atoms with Crippen LogP contribution in [0.4, 0.5) is 10.8 Å². The van der Waals surface area contributed by atoms with Gasteiger partial charge in [0.2, 0.25) is 5.91 Å². The molecule has 0 radical (unpaired) electrons. The first-order chi connectivity index (χ1) is 11.2. The quantitative estimate of drug-likeness (QED) is 0.655. The van der Waals surface area contributed by atoms with E-state index in [1.165, 1.54) is 7.11 Å². The summed E-state index contributed by atoms with van der Waals surface area (Å²) in [4.78, 5) is 28.9. The zero-order chi connectivity index (χ0) is 17.9. The van der Waals surface area contributed by atoms with Crippen LogP contribution in [0.5, 0.6) is 0 Å². The number of methoxy groups -OCH3 is 1. The number of ether oxygens (including phenoxy) is 1. The fourth-order valence-corrected chi connectivity index (χ4v) is 3.21. The average molecular weight is 347 g/mol. The Morgan fingerprint density at radius 2 is 1.88 bits per heavy atom. The number of nitrogens with one attached hydrogen (secondary N) is 1. The van der Waals surface area contributed by atoms with E-state index in [-0.39, 0.29) is 17.7 Å². The first-order valence-corrected chi connectivity index (χ1v) is 8.26. The second kappa shape index (κ2) is 7.00. The van der Waals surface area contributed by atoms with Crippen molar-refractivity contribution >= 4 is 34.0 Å². The summed E-state index contributed by atoms with van der Waals surface area (Å²) >= 11 is 1.12. The molecule has 24 heavy (non-hydrogen) atoms. The number of anilines is 2. The predicted molar refractivity (Wildman–Crippen MR) is 95.3 cm³/mol. The number of amides is 1. The Morgan fingerprint density at radius 3 is 2.42 bits per heavy atom. The first kappa shape index (κ1) is 17.9. The molecule has 0 fully saturated rings. The highest BCUT2D eigenvalue weighted by Gasteiger charge is 2.28. The minimum atomic E-state index is -0.448. The van der Waals surface area contributed by atoms with E-state index in [9.17, 15) is 9.59 Å². The van der Waals surface area contributed by atoms with Crippen LogP contribution in [0.25, 0.3) is 0 Å². The van der Waals surface area contributed by atoms with Gasteiger partial charge >= 0.3 is 5.97 Å². The molecule has 2 aromatic rings. The summed E-state index contributed by atoms with van der Waals surface area (Å²) < 4.78 is 4.80. The van der Waals surface area contributed by atoms with E-state index >= 15 is 0 Å². The first-order valence-electron chi connectivity index (χ1n) is 7.44. The number of hydrogen-bond donors (Lipinski definition) is 2. The molecule has 0 saturated carbocycles. The summed E-state index contributed by atoms with van der Waals surface area (Å²) in [5.41, 5.74) is 7.41. The molecule has 1 heterocycles. The zero-order valence-corrected chi connectivity index (χ0v) is 15.0. The molecule has 0 aliphatic rings. The fourth-order valence-electron chi connectivity index (χ4n) is 2.10. The van der Waals surface area contributed by atoms with Crippen LogP contribution in [0.2, 0.25) is 0 Å². The molecule has 0 saturated heterocycles. The molecule has 1 amide bonds. The zero-order valence-electron chi connectivity index (χ0n) is 14.2. The Hall–Kier alpha value is -2.41. The summed E-state index contributed by atoms with van der Waals surface area (Å²) in [6.07, 6.45) is 0.207. The number of benzene rings is 1. The molecular weight excluding hydrogens is 326 g/mol. The van der Waals surface area contributed by atoms with Gasteiger partial charge in [-0.3, -0.25) is 4.79 Å². The second-order valence-electron chi connectivity index (χ2n) is 6.40. The number of nitrogen functional groups attached to an aromatic ring is 1. The lowest BCUT2D eigenvalue weighted by molar-refractivity contribution is -0.115. The molecule has 2 rings (SSSR count). The van der Waals surface area contributed by atoms with Crippen molar-refractivity contribution in [2.75, 3.05) is 18.2 Å². The molecule has 0 aliphatic carbocycles. The van der Waals surface area contributed by atoms with Crippen LogP contribution in [-0.2, 0) is 21.4 Å². The Bertz CT molecular complexity index is 745. The van der Waals surface area contributed by atoms with E-state index in [0.29, 0.717) is 21.4 Å². The SMILES string of the molecule is COC(=O)c1sc(NC(=O)Cc2ccc(N)cc2)nc1C(C)(C)C. The highest BCUT2D eigenvalue weighted by atomic mass is 32.1. The third kappa shape index (κ3) is 4.32. The number of esters is 1. The van der Waals surface area contributed by atoms with E-state index in [1.54, 1.807) is 24.3 Å². The van der Waals surface area contributed by atoms with Crippen molar-refractivity contribution in [3.05, 3.63) is 40.4 Å². The van der Waals surface area contributed by atoms with Crippen LogP contribution in [-0.4, -0.2) is 24.0 Å². The van der Waals surface area contributed by atoms with Gasteiger partial charge in [-0.1, -0.05) is 44.2 Å². The number of nitrogens with zero attached hydrogens (tertiary/aromatic N) is 1. The van der Waals surface area contributed by atoms with Crippen molar-refractivity contribution in [2.24, 2.45) is 0 Å². The lowest BCUT2D eigenvalue weighted by Crippen LogP contribution is -2.17. The molecule has 0 unspecified atom stereocenters. The molecule has 0 aliphatic heterocycles. The Labute approximate surface area is 145 Å². The molecule has 0 bridgehead atoms. The average Bonchev–Trinajstić information content (AvgIpc) is 2.92. The van der Waals surface area contributed by atoms with Crippen molar-refractivity contribution in [1.82, 2.24) is 4.98 Å². The fraction of sp³-hybridized carbons (Fsp3) is 0.353. The minimum Gasteiger partial charge on any atom is -0.465 e. The van der Waals surface area contributed by atoms with Gasteiger partial charge in [0.15, 0.2) is 5.13 Å². The summed E-state index contributed by atoms with van der Waals surface area (Å²) in [6, 6.07) is 7.10. The number of carbonyl (C=O) groups excluding carboxylic acids is 2. The maximum absolute atomic E-state index is 12.2. The van der Waals surface area contributed by atoms with Gasteiger partial charge in [0.1, 0.15) is 4.88 Å². The van der Waals surface area contributed by atoms with E-state index in [0.717, 1.165) is 16.9 Å². The number of thiazole rings is 1. The van der Waals surface area contributed by atoms with E-state index in [1.807, 2.05) is 20.8 Å². The van der Waals surface area contributed by atoms with Gasteiger partial charge in [-0.05, 0) is 17.7 Å². The Balaban J connectivity index is 2.17. The van der Waals surface area contributed by atoms with Crippen molar-refractivity contribution in [3.63, 3.8) is 0 Å². The number of nitrogens with two attached hydrogens (primary N) is 1. The number of carbonyl (C=O) groups is 2. The standard InChI is InChI=1S/C17H21N3O3S/c1-17(2,3)14-13(15(22)23-4)24-16(20-14)19-12(21)9-10-5-7-11(18)8-6-10/h5-8H,9,18H2,1-4H3,(H,19,20,21). The van der Waals surface area contributed by atoms with Crippen LogP contribution in [0.15, 0.2) is 24.3 Å². The van der Waals surface area contributed by atoms with Crippen molar-refractivity contribution in [1.29, 1.82) is 0 Å². The second-order valence-corrected chi connectivity index (χ2v) is 7.40. The summed E-state index contributed by atoms with van der Waals surface area (Å²) in [6.45, 7) is 5.86. The molecule has 3 N–H and O–H groups in total. The predicted octanol–water partition coefficient (Wildman–Crippen LogP) is 2.99. The van der Waals surface area contributed by atoms with Crippen molar-refractivity contribution < 1.29 is 14.3 Å². The molecule has 128 valence electrons. The smallest absolute Gasteiger partial charge is 0.350 e. The Kier molecular flexibility index (Phi) is 5.23. The maximum Gasteiger partial charge on any atom is 0.350 e. The van der Waals surface area contributed by atoms with Gasteiger partial charge < -0.3 is 15.8 Å². The van der Waals surface area contributed by atoms with Crippen molar-refractivity contribution in [2.45, 2.75) is 32.6 Å². The lowest BCUT2D eigenvalue weighted by Gasteiger charge is -2.16. The molecule has 0 atom stereocenters. The molecule has 1 aromatic carbocycles. The van der Waals surface area contributed by atoms with Gasteiger partial charge in [0.05, 0.1) is 19.2 Å². The highest BCUT2D eigenvalue weighted by molar-refractivity contribution is 7.17. The van der Waals surface area contributed by atoms with Crippen LogP contribution in [0, 0.1) is 0 Å². The van der Waals surface area contributed by atoms with E-state index < -0.39 is 5.97 Å². The van der Waals surface area contributed by atoms with E-state index in [2.05, 4.69) is 10.3 Å². The van der Waals surface area contributed by atoms with Crippen molar-refractivity contribution in [3.8, 4) is 0 Å². The van der Waals surface area contributed by atoms with Gasteiger partial charge in [-0.25, -0.2) is 9.78 Å². The summed E-state index contributed by atoms with van der Waals surface area (Å²) in [7, 11) is 1.33.